The van der Waals surface area contributed by atoms with E-state index < -0.39 is 0 Å². The predicted molar refractivity (Wildman–Crippen MR) is 89.0 cm³/mol. The molecule has 0 saturated carbocycles. The Bertz CT molecular complexity index is 712. The SMILES string of the molecule is COCc1ccc(N(C)C)c(-c2cc3c(cc2CO)OCO3)c1. The molecule has 2 aromatic rings. The summed E-state index contributed by atoms with van der Waals surface area (Å²) in [7, 11) is 5.68. The number of benzene rings is 2. The van der Waals surface area contributed by atoms with E-state index in [1.165, 1.54) is 0 Å². The number of ether oxygens (including phenoxy) is 3. The lowest BCUT2D eigenvalue weighted by molar-refractivity contribution is 0.174. The van der Waals surface area contributed by atoms with Gasteiger partial charge in [0.25, 0.3) is 0 Å². The molecule has 1 N–H and O–H groups in total. The molecule has 0 unspecified atom stereocenters. The summed E-state index contributed by atoms with van der Waals surface area (Å²) >= 11 is 0. The van der Waals surface area contributed by atoms with Crippen LogP contribution in [0.25, 0.3) is 11.1 Å². The van der Waals surface area contributed by atoms with Crippen molar-refractivity contribution in [2.45, 2.75) is 13.2 Å². The molecule has 3 rings (SSSR count). The van der Waals surface area contributed by atoms with Gasteiger partial charge in [-0.05, 0) is 41.0 Å². The standard InChI is InChI=1S/C18H21NO4/c1-19(2)16-5-4-12(10-21-3)6-15(16)14-8-18-17(22-11-23-18)7-13(14)9-20/h4-8,20H,9-11H2,1-3H3. The molecule has 122 valence electrons. The number of aliphatic hydroxyl groups is 1. The number of nitrogens with zero attached hydrogens (tertiary/aromatic N) is 1. The first-order valence-corrected chi connectivity index (χ1v) is 7.47. The summed E-state index contributed by atoms with van der Waals surface area (Å²) in [6.07, 6.45) is 0. The van der Waals surface area contributed by atoms with E-state index in [1.807, 2.05) is 32.3 Å². The molecule has 2 aromatic carbocycles. The second-order valence-electron chi connectivity index (χ2n) is 5.70. The first-order chi connectivity index (χ1) is 11.1. The van der Waals surface area contributed by atoms with E-state index in [1.54, 1.807) is 7.11 Å². The van der Waals surface area contributed by atoms with E-state index in [4.69, 9.17) is 14.2 Å². The Labute approximate surface area is 136 Å². The third kappa shape index (κ3) is 2.98. The van der Waals surface area contributed by atoms with Gasteiger partial charge < -0.3 is 24.2 Å². The number of hydrogen-bond donors (Lipinski definition) is 1. The smallest absolute Gasteiger partial charge is 0.231 e. The van der Waals surface area contributed by atoms with E-state index in [0.29, 0.717) is 18.1 Å². The molecule has 0 atom stereocenters. The van der Waals surface area contributed by atoms with Crippen molar-refractivity contribution >= 4 is 5.69 Å². The maximum atomic E-state index is 9.78. The molecule has 0 spiro atoms. The number of aliphatic hydroxyl groups excluding tert-OH is 1. The number of methoxy groups -OCH3 is 1. The van der Waals surface area contributed by atoms with E-state index in [2.05, 4.69) is 17.0 Å². The van der Waals surface area contributed by atoms with Crippen molar-refractivity contribution in [3.05, 3.63) is 41.5 Å². The van der Waals surface area contributed by atoms with E-state index >= 15 is 0 Å². The van der Waals surface area contributed by atoms with Crippen LogP contribution in [0.3, 0.4) is 0 Å². The molecular formula is C18H21NO4. The Kier molecular flexibility index (Phi) is 4.41. The lowest BCUT2D eigenvalue weighted by Gasteiger charge is -2.20. The molecule has 0 aromatic heterocycles. The van der Waals surface area contributed by atoms with Crippen molar-refractivity contribution in [3.63, 3.8) is 0 Å². The highest BCUT2D eigenvalue weighted by Gasteiger charge is 2.20. The number of rotatable bonds is 5. The van der Waals surface area contributed by atoms with Crippen LogP contribution in [0.2, 0.25) is 0 Å². The van der Waals surface area contributed by atoms with Gasteiger partial charge in [0.15, 0.2) is 11.5 Å². The van der Waals surface area contributed by atoms with Crippen LogP contribution in [0.4, 0.5) is 5.69 Å². The molecule has 0 bridgehead atoms. The predicted octanol–water partition coefficient (Wildman–Crippen LogP) is 2.79. The third-order valence-corrected chi connectivity index (χ3v) is 3.91. The van der Waals surface area contributed by atoms with Crippen LogP contribution >= 0.6 is 0 Å². The highest BCUT2D eigenvalue weighted by atomic mass is 16.7. The highest BCUT2D eigenvalue weighted by molar-refractivity contribution is 5.82. The second kappa shape index (κ2) is 6.48. The van der Waals surface area contributed by atoms with Gasteiger partial charge in [-0.15, -0.1) is 0 Å². The molecule has 5 heteroatoms. The Morgan fingerprint density at radius 1 is 1.09 bits per heavy atom. The fourth-order valence-electron chi connectivity index (χ4n) is 2.81. The zero-order valence-corrected chi connectivity index (χ0v) is 13.6. The average molecular weight is 315 g/mol. The molecule has 0 saturated heterocycles. The first-order valence-electron chi connectivity index (χ1n) is 7.47. The van der Waals surface area contributed by atoms with Crippen molar-refractivity contribution in [2.75, 3.05) is 32.9 Å². The summed E-state index contributed by atoms with van der Waals surface area (Å²) in [5.41, 5.74) is 4.94. The maximum absolute atomic E-state index is 9.78. The maximum Gasteiger partial charge on any atom is 0.231 e. The summed E-state index contributed by atoms with van der Waals surface area (Å²) < 4.78 is 16.1. The van der Waals surface area contributed by atoms with E-state index in [0.717, 1.165) is 27.9 Å². The molecular weight excluding hydrogens is 294 g/mol. The summed E-state index contributed by atoms with van der Waals surface area (Å²) in [6.45, 7) is 0.695. The number of hydrogen-bond acceptors (Lipinski definition) is 5. The van der Waals surface area contributed by atoms with E-state index in [9.17, 15) is 5.11 Å². The summed E-state index contributed by atoms with van der Waals surface area (Å²) in [5, 5.41) is 9.78. The molecule has 0 radical (unpaired) electrons. The first kappa shape index (κ1) is 15.6. The minimum Gasteiger partial charge on any atom is -0.454 e. The molecule has 1 aliphatic rings. The number of anilines is 1. The van der Waals surface area contributed by atoms with Gasteiger partial charge in [0.2, 0.25) is 6.79 Å². The second-order valence-corrected chi connectivity index (χ2v) is 5.70. The zero-order valence-electron chi connectivity index (χ0n) is 13.6. The molecule has 0 amide bonds. The molecule has 1 aliphatic heterocycles. The van der Waals surface area contributed by atoms with Crippen LogP contribution in [0.15, 0.2) is 30.3 Å². The number of fused-ring (bicyclic) bond motifs is 1. The van der Waals surface area contributed by atoms with Crippen molar-refractivity contribution in [3.8, 4) is 22.6 Å². The van der Waals surface area contributed by atoms with Crippen LogP contribution in [-0.2, 0) is 18.0 Å². The molecule has 1 heterocycles. The fourth-order valence-corrected chi connectivity index (χ4v) is 2.81. The Balaban J connectivity index is 2.18. The summed E-state index contributed by atoms with van der Waals surface area (Å²) in [6, 6.07) is 9.99. The van der Waals surface area contributed by atoms with Crippen LogP contribution in [0, 0.1) is 0 Å². The van der Waals surface area contributed by atoms with Crippen LogP contribution in [0.5, 0.6) is 11.5 Å². The summed E-state index contributed by atoms with van der Waals surface area (Å²) in [4.78, 5) is 2.05. The van der Waals surface area contributed by atoms with Crippen molar-refractivity contribution in [1.82, 2.24) is 0 Å². The van der Waals surface area contributed by atoms with Crippen molar-refractivity contribution in [1.29, 1.82) is 0 Å². The van der Waals surface area contributed by atoms with Crippen LogP contribution in [0.1, 0.15) is 11.1 Å². The third-order valence-electron chi connectivity index (χ3n) is 3.91. The van der Waals surface area contributed by atoms with E-state index in [-0.39, 0.29) is 13.4 Å². The fraction of sp³-hybridized carbons (Fsp3) is 0.333. The minimum absolute atomic E-state index is 0.0622. The van der Waals surface area contributed by atoms with Gasteiger partial charge in [-0.25, -0.2) is 0 Å². The van der Waals surface area contributed by atoms with Gasteiger partial charge in [0.05, 0.1) is 13.2 Å². The highest BCUT2D eigenvalue weighted by Crippen LogP contribution is 2.41. The van der Waals surface area contributed by atoms with Crippen LogP contribution < -0.4 is 14.4 Å². The molecule has 5 nitrogen and oxygen atoms in total. The Hall–Kier alpha value is -2.24. The lowest BCUT2D eigenvalue weighted by Crippen LogP contribution is -2.10. The van der Waals surface area contributed by atoms with Gasteiger partial charge in [-0.3, -0.25) is 0 Å². The molecule has 0 fully saturated rings. The van der Waals surface area contributed by atoms with Crippen molar-refractivity contribution < 1.29 is 19.3 Å². The van der Waals surface area contributed by atoms with Crippen molar-refractivity contribution in [2.24, 2.45) is 0 Å². The topological polar surface area (TPSA) is 51.2 Å². The summed E-state index contributed by atoms with van der Waals surface area (Å²) in [5.74, 6) is 1.39. The largest absolute Gasteiger partial charge is 0.454 e. The van der Waals surface area contributed by atoms with Gasteiger partial charge in [0, 0.05) is 32.5 Å². The molecule has 0 aliphatic carbocycles. The van der Waals surface area contributed by atoms with Gasteiger partial charge >= 0.3 is 0 Å². The Morgan fingerprint density at radius 2 is 1.83 bits per heavy atom. The minimum atomic E-state index is -0.0622. The monoisotopic (exact) mass is 315 g/mol. The Morgan fingerprint density at radius 3 is 2.48 bits per heavy atom. The molecule has 23 heavy (non-hydrogen) atoms. The quantitative estimate of drug-likeness (QED) is 0.919. The van der Waals surface area contributed by atoms with Gasteiger partial charge in [0.1, 0.15) is 0 Å². The average Bonchev–Trinajstić information content (AvgIpc) is 3.00. The normalized spacial score (nSPS) is 12.5. The van der Waals surface area contributed by atoms with Gasteiger partial charge in [-0.1, -0.05) is 6.07 Å². The van der Waals surface area contributed by atoms with Crippen LogP contribution in [-0.4, -0.2) is 33.1 Å². The lowest BCUT2D eigenvalue weighted by atomic mass is 9.95. The van der Waals surface area contributed by atoms with Gasteiger partial charge in [-0.2, -0.15) is 0 Å². The zero-order chi connectivity index (χ0) is 16.4.